The molecule has 0 aliphatic rings. The Morgan fingerprint density at radius 3 is 2.34 bits per heavy atom. The number of carbonyl (C=O) groups excluding carboxylic acids is 1. The van der Waals surface area contributed by atoms with Crippen molar-refractivity contribution in [2.75, 3.05) is 0 Å². The van der Waals surface area contributed by atoms with Crippen molar-refractivity contribution < 1.29 is 17.9 Å². The Balaban J connectivity index is 1.82. The van der Waals surface area contributed by atoms with Gasteiger partial charge in [0.2, 0.25) is 10.0 Å². The quantitative estimate of drug-likeness (QED) is 0.349. The highest BCUT2D eigenvalue weighted by molar-refractivity contribution is 7.89. The molecular weight excluding hydrogens is 435 g/mol. The normalized spacial score (nSPS) is 11.6. The lowest BCUT2D eigenvalue weighted by atomic mass is 10.2. The smallest absolute Gasteiger partial charge is 0.345 e. The maximum atomic E-state index is 12.4. The van der Waals surface area contributed by atoms with Gasteiger partial charge < -0.3 is 4.74 Å². The molecule has 0 fully saturated rings. The summed E-state index contributed by atoms with van der Waals surface area (Å²) in [5.41, 5.74) is 1.22. The average molecular weight is 449 g/mol. The van der Waals surface area contributed by atoms with Crippen LogP contribution in [0.2, 0.25) is 10.0 Å². The maximum Gasteiger partial charge on any atom is 0.345 e. The van der Waals surface area contributed by atoms with Crippen LogP contribution < -0.4 is 9.88 Å². The van der Waals surface area contributed by atoms with Crippen LogP contribution in [0.5, 0.6) is 5.75 Å². The molecule has 9 heteroatoms. The number of hydrogen-bond acceptors (Lipinski definition) is 5. The zero-order valence-electron chi connectivity index (χ0n) is 14.7. The summed E-state index contributed by atoms with van der Waals surface area (Å²) in [7, 11) is -3.77. The first-order valence-corrected chi connectivity index (χ1v) is 10.5. The summed E-state index contributed by atoms with van der Waals surface area (Å²) in [5, 5.41) is 5.67. The van der Waals surface area contributed by atoms with E-state index in [4.69, 9.17) is 33.1 Å². The first-order valence-electron chi connectivity index (χ1n) is 8.17. The molecule has 0 spiro atoms. The van der Waals surface area contributed by atoms with Gasteiger partial charge in [0.25, 0.3) is 0 Å². The van der Waals surface area contributed by atoms with Crippen LogP contribution in [0, 0.1) is 0 Å². The van der Waals surface area contributed by atoms with Gasteiger partial charge in [0, 0.05) is 16.8 Å². The minimum atomic E-state index is -3.77. The molecule has 3 aromatic carbocycles. The number of nitrogens with zero attached hydrogens (tertiary/aromatic N) is 1. The zero-order valence-corrected chi connectivity index (χ0v) is 17.1. The molecule has 2 N–H and O–H groups in total. The van der Waals surface area contributed by atoms with E-state index in [2.05, 4.69) is 4.99 Å². The highest BCUT2D eigenvalue weighted by Crippen LogP contribution is 2.24. The molecule has 0 aliphatic carbocycles. The highest BCUT2D eigenvalue weighted by Gasteiger charge is 2.14. The topological polar surface area (TPSA) is 98.8 Å². The van der Waals surface area contributed by atoms with Crippen LogP contribution in [0.1, 0.15) is 15.9 Å². The molecule has 0 heterocycles. The number of rotatable bonds is 5. The maximum absolute atomic E-state index is 12.4. The summed E-state index contributed by atoms with van der Waals surface area (Å²) in [4.78, 5) is 16.7. The lowest BCUT2D eigenvalue weighted by molar-refractivity contribution is 0.0734. The molecule has 0 radical (unpaired) electrons. The molecule has 0 saturated carbocycles. The van der Waals surface area contributed by atoms with Crippen molar-refractivity contribution >= 4 is 51.1 Å². The Hall–Kier alpha value is -2.71. The Morgan fingerprint density at radius 2 is 1.69 bits per heavy atom. The third-order valence-corrected chi connectivity index (χ3v) is 5.27. The van der Waals surface area contributed by atoms with Gasteiger partial charge >= 0.3 is 5.97 Å². The minimum Gasteiger partial charge on any atom is -0.422 e. The third kappa shape index (κ3) is 5.42. The second-order valence-corrected chi connectivity index (χ2v) is 8.25. The second kappa shape index (κ2) is 8.75. The van der Waals surface area contributed by atoms with Crippen molar-refractivity contribution in [3.8, 4) is 5.75 Å². The van der Waals surface area contributed by atoms with Crippen molar-refractivity contribution in [1.82, 2.24) is 0 Å². The second-order valence-electron chi connectivity index (χ2n) is 5.85. The van der Waals surface area contributed by atoms with Crippen molar-refractivity contribution in [1.29, 1.82) is 0 Å². The van der Waals surface area contributed by atoms with Gasteiger partial charge in [0.05, 0.1) is 21.2 Å². The molecule has 0 amide bonds. The van der Waals surface area contributed by atoms with Crippen LogP contribution in [0.3, 0.4) is 0 Å². The van der Waals surface area contributed by atoms with Gasteiger partial charge in [-0.1, -0.05) is 35.3 Å². The van der Waals surface area contributed by atoms with Gasteiger partial charge in [-0.3, -0.25) is 4.99 Å². The predicted molar refractivity (Wildman–Crippen MR) is 113 cm³/mol. The number of primary sulfonamides is 1. The number of hydrogen-bond donors (Lipinski definition) is 1. The number of ether oxygens (including phenoxy) is 1. The van der Waals surface area contributed by atoms with E-state index in [-0.39, 0.29) is 21.2 Å². The molecule has 148 valence electrons. The molecule has 0 unspecified atom stereocenters. The summed E-state index contributed by atoms with van der Waals surface area (Å²) >= 11 is 11.9. The van der Waals surface area contributed by atoms with Crippen molar-refractivity contribution in [2.45, 2.75) is 4.90 Å². The third-order valence-electron chi connectivity index (χ3n) is 3.79. The van der Waals surface area contributed by atoms with Gasteiger partial charge in [-0.15, -0.1) is 0 Å². The zero-order chi connectivity index (χ0) is 21.0. The van der Waals surface area contributed by atoms with Crippen molar-refractivity contribution in [3.63, 3.8) is 0 Å². The first-order chi connectivity index (χ1) is 13.7. The summed E-state index contributed by atoms with van der Waals surface area (Å²) < 4.78 is 28.1. The van der Waals surface area contributed by atoms with E-state index in [1.807, 2.05) is 0 Å². The van der Waals surface area contributed by atoms with Gasteiger partial charge in [0.1, 0.15) is 5.75 Å². The van der Waals surface area contributed by atoms with Crippen LogP contribution in [0.25, 0.3) is 0 Å². The van der Waals surface area contributed by atoms with E-state index in [0.717, 1.165) is 0 Å². The van der Waals surface area contributed by atoms with E-state index in [1.54, 1.807) is 30.3 Å². The largest absolute Gasteiger partial charge is 0.422 e. The van der Waals surface area contributed by atoms with E-state index in [1.165, 1.54) is 42.6 Å². The molecule has 0 atom stereocenters. The van der Waals surface area contributed by atoms with E-state index >= 15 is 0 Å². The highest BCUT2D eigenvalue weighted by atomic mass is 35.5. The number of halogens is 2. The van der Waals surface area contributed by atoms with Crippen LogP contribution in [0.4, 0.5) is 5.69 Å². The number of sulfonamides is 1. The standard InChI is InChI=1S/C20H14Cl2N2O4S/c21-14-5-10-17(18(22)11-14)20(25)28-19-4-2-1-3-13(19)12-24-15-6-8-16(9-7-15)29(23,26)27/h1-12H,(H2,23,26,27). The fourth-order valence-corrected chi connectivity index (χ4v) is 3.36. The van der Waals surface area contributed by atoms with E-state index in [0.29, 0.717) is 16.3 Å². The fraction of sp³-hybridized carbons (Fsp3) is 0. The molecular formula is C20H14Cl2N2O4S. The van der Waals surface area contributed by atoms with Crippen LogP contribution in [0.15, 0.2) is 76.6 Å². The van der Waals surface area contributed by atoms with E-state index < -0.39 is 16.0 Å². The number of carbonyl (C=O) groups is 1. The number of nitrogens with two attached hydrogens (primary N) is 1. The Kier molecular flexibility index (Phi) is 6.34. The summed E-state index contributed by atoms with van der Waals surface area (Å²) in [6.07, 6.45) is 1.50. The van der Waals surface area contributed by atoms with Gasteiger partial charge in [-0.25, -0.2) is 18.4 Å². The molecule has 6 nitrogen and oxygen atoms in total. The van der Waals surface area contributed by atoms with Gasteiger partial charge in [-0.2, -0.15) is 0 Å². The lowest BCUT2D eigenvalue weighted by Crippen LogP contribution is -2.11. The number of para-hydroxylation sites is 1. The Bertz CT molecular complexity index is 1190. The lowest BCUT2D eigenvalue weighted by Gasteiger charge is -2.08. The van der Waals surface area contributed by atoms with E-state index in [9.17, 15) is 13.2 Å². The van der Waals surface area contributed by atoms with Crippen molar-refractivity contribution in [2.24, 2.45) is 10.1 Å². The minimum absolute atomic E-state index is 0.00868. The monoisotopic (exact) mass is 448 g/mol. The summed E-state index contributed by atoms with van der Waals surface area (Å²) in [6, 6.07) is 17.0. The van der Waals surface area contributed by atoms with Gasteiger partial charge in [-0.05, 0) is 54.6 Å². The van der Waals surface area contributed by atoms with Crippen LogP contribution >= 0.6 is 23.2 Å². The predicted octanol–water partition coefficient (Wildman–Crippen LogP) is 4.61. The molecule has 0 saturated heterocycles. The van der Waals surface area contributed by atoms with Crippen LogP contribution in [-0.2, 0) is 10.0 Å². The molecule has 0 bridgehead atoms. The Labute approximate surface area is 177 Å². The Morgan fingerprint density at radius 1 is 1.00 bits per heavy atom. The van der Waals surface area contributed by atoms with Crippen molar-refractivity contribution in [3.05, 3.63) is 87.9 Å². The number of benzene rings is 3. The summed E-state index contributed by atoms with van der Waals surface area (Å²) in [6.45, 7) is 0. The summed E-state index contributed by atoms with van der Waals surface area (Å²) in [5.74, 6) is -0.349. The first kappa shape index (κ1) is 21.0. The van der Waals surface area contributed by atoms with Crippen LogP contribution in [-0.4, -0.2) is 20.6 Å². The number of aliphatic imine (C=N–C) groups is 1. The number of esters is 1. The SMILES string of the molecule is NS(=O)(=O)c1ccc(N=Cc2ccccc2OC(=O)c2ccc(Cl)cc2Cl)cc1. The molecule has 0 aromatic heterocycles. The fourth-order valence-electron chi connectivity index (χ4n) is 2.36. The average Bonchev–Trinajstić information content (AvgIpc) is 2.67. The molecule has 0 aliphatic heterocycles. The van der Waals surface area contributed by atoms with Gasteiger partial charge in [0.15, 0.2) is 0 Å². The molecule has 3 rings (SSSR count). The molecule has 3 aromatic rings. The molecule has 29 heavy (non-hydrogen) atoms.